The molecule has 2 aliphatic rings. The lowest BCUT2D eigenvalue weighted by molar-refractivity contribution is 0.118. The van der Waals surface area contributed by atoms with Gasteiger partial charge in [-0.05, 0) is 85.9 Å². The molecule has 0 bridgehead atoms. The van der Waals surface area contributed by atoms with Crippen LogP contribution in [0.2, 0.25) is 0 Å². The van der Waals surface area contributed by atoms with E-state index in [-0.39, 0.29) is 0 Å². The van der Waals surface area contributed by atoms with Gasteiger partial charge in [0.25, 0.3) is 0 Å². The molecule has 5 aromatic rings. The number of nitrogens with two attached hydrogens (primary N) is 1. The van der Waals surface area contributed by atoms with Crippen molar-refractivity contribution in [2.45, 2.75) is 25.3 Å². The summed E-state index contributed by atoms with van der Waals surface area (Å²) in [5.41, 5.74) is 12.5. The Morgan fingerprint density at radius 2 is 1.91 bits per heavy atom. The van der Waals surface area contributed by atoms with Crippen LogP contribution in [-0.2, 0) is 6.42 Å². The average molecular weight is 449 g/mol. The summed E-state index contributed by atoms with van der Waals surface area (Å²) in [6.45, 7) is 2.42. The van der Waals surface area contributed by atoms with Crippen molar-refractivity contribution in [1.82, 2.24) is 34.2 Å². The van der Waals surface area contributed by atoms with Crippen LogP contribution in [0.25, 0.3) is 34.1 Å². The molecular weight excluding hydrogens is 424 g/mol. The first kappa shape index (κ1) is 19.4. The Labute approximate surface area is 196 Å². The molecule has 0 spiro atoms. The number of aromatic nitrogens is 6. The predicted octanol–water partition coefficient (Wildman–Crippen LogP) is 3.94. The van der Waals surface area contributed by atoms with E-state index in [1.54, 1.807) is 17.1 Å². The highest BCUT2D eigenvalue weighted by molar-refractivity contribution is 5.83. The molecule has 1 saturated heterocycles. The summed E-state index contributed by atoms with van der Waals surface area (Å²) < 4.78 is 3.86. The molecule has 5 heterocycles. The molecule has 168 valence electrons. The number of likely N-dealkylation sites (tertiary alicyclic amines) is 1. The van der Waals surface area contributed by atoms with Crippen LogP contribution < -0.4 is 5.73 Å². The molecule has 0 unspecified atom stereocenters. The summed E-state index contributed by atoms with van der Waals surface area (Å²) in [5.74, 6) is 1.93. The minimum Gasteiger partial charge on any atom is -0.383 e. The highest BCUT2D eigenvalue weighted by Crippen LogP contribution is 2.40. The second-order valence-corrected chi connectivity index (χ2v) is 9.00. The first-order chi connectivity index (χ1) is 16.8. The number of aryl methyl sites for hydroxylation is 1. The molecule has 1 atom stereocenters. The maximum atomic E-state index is 6.29. The largest absolute Gasteiger partial charge is 0.383 e. The van der Waals surface area contributed by atoms with Crippen molar-refractivity contribution in [3.8, 4) is 22.9 Å². The highest BCUT2D eigenvalue weighted by atomic mass is 15.3. The van der Waals surface area contributed by atoms with E-state index in [1.165, 1.54) is 37.1 Å². The van der Waals surface area contributed by atoms with Crippen LogP contribution in [0.3, 0.4) is 0 Å². The van der Waals surface area contributed by atoms with Gasteiger partial charge in [-0.3, -0.25) is 9.47 Å². The lowest BCUT2D eigenvalue weighted by Gasteiger charge is -2.36. The number of hydrogen-bond acceptors (Lipinski definition) is 6. The first-order valence-electron chi connectivity index (χ1n) is 11.7. The first-order valence-corrected chi connectivity index (χ1v) is 11.7. The fourth-order valence-electron chi connectivity index (χ4n) is 5.26. The molecule has 4 aromatic heterocycles. The van der Waals surface area contributed by atoms with E-state index in [0.717, 1.165) is 40.5 Å². The van der Waals surface area contributed by atoms with E-state index in [0.29, 0.717) is 11.9 Å². The number of benzene rings is 1. The molecule has 8 nitrogen and oxygen atoms in total. The summed E-state index contributed by atoms with van der Waals surface area (Å²) in [6.07, 6.45) is 8.93. The summed E-state index contributed by atoms with van der Waals surface area (Å²) in [7, 11) is 0. The Kier molecular flexibility index (Phi) is 4.28. The quantitative estimate of drug-likeness (QED) is 0.448. The van der Waals surface area contributed by atoms with Crippen molar-refractivity contribution in [2.75, 3.05) is 18.8 Å². The van der Waals surface area contributed by atoms with Gasteiger partial charge in [-0.15, -0.1) is 0 Å². The number of anilines is 1. The lowest BCUT2D eigenvalue weighted by atomic mass is 10.0. The number of imidazole rings is 1. The van der Waals surface area contributed by atoms with Crippen LogP contribution in [0.5, 0.6) is 0 Å². The van der Waals surface area contributed by atoms with Crippen molar-refractivity contribution >= 4 is 17.0 Å². The Morgan fingerprint density at radius 3 is 2.71 bits per heavy atom. The zero-order valence-corrected chi connectivity index (χ0v) is 18.7. The monoisotopic (exact) mass is 448 g/mol. The van der Waals surface area contributed by atoms with Crippen LogP contribution >= 0.6 is 0 Å². The van der Waals surface area contributed by atoms with Gasteiger partial charge in [0, 0.05) is 30.3 Å². The predicted molar refractivity (Wildman–Crippen MR) is 131 cm³/mol. The minimum atomic E-state index is 0.449. The minimum absolute atomic E-state index is 0.449. The van der Waals surface area contributed by atoms with Crippen LogP contribution in [-0.4, -0.2) is 47.3 Å². The molecule has 0 amide bonds. The van der Waals surface area contributed by atoms with Crippen molar-refractivity contribution in [1.29, 1.82) is 0 Å². The summed E-state index contributed by atoms with van der Waals surface area (Å²) in [4.78, 5) is 16.8. The van der Waals surface area contributed by atoms with E-state index in [4.69, 9.17) is 15.7 Å². The van der Waals surface area contributed by atoms with Crippen LogP contribution in [0, 0.1) is 0 Å². The number of hydrogen-bond donors (Lipinski definition) is 1. The summed E-state index contributed by atoms with van der Waals surface area (Å²) >= 11 is 0. The molecule has 0 saturated carbocycles. The number of fused-ring (bicyclic) bond motifs is 2. The van der Waals surface area contributed by atoms with Gasteiger partial charge < -0.3 is 5.73 Å². The Bertz CT molecular complexity index is 1510. The Morgan fingerprint density at radius 1 is 0.971 bits per heavy atom. The van der Waals surface area contributed by atoms with Gasteiger partial charge in [-0.1, -0.05) is 6.07 Å². The smallest absolute Gasteiger partial charge is 0.167 e. The maximum Gasteiger partial charge on any atom is 0.167 e. The molecular formula is C26H24N8. The third-order valence-corrected chi connectivity index (χ3v) is 7.07. The SMILES string of the molecule is Nc1ncccc1-c1nc2ccc(-n3cccn3)nc2n1-c1ccc2c(c1)CC[C@@H]2N1CCC1. The van der Waals surface area contributed by atoms with Gasteiger partial charge in [-0.25, -0.2) is 19.6 Å². The maximum absolute atomic E-state index is 6.29. The third kappa shape index (κ3) is 2.95. The van der Waals surface area contributed by atoms with Gasteiger partial charge in [0.15, 0.2) is 17.3 Å². The summed E-state index contributed by atoms with van der Waals surface area (Å²) in [6, 6.07) is 17.0. The van der Waals surface area contributed by atoms with Gasteiger partial charge >= 0.3 is 0 Å². The normalized spacial score (nSPS) is 17.7. The second kappa shape index (κ2) is 7.50. The molecule has 34 heavy (non-hydrogen) atoms. The molecule has 2 N–H and O–H groups in total. The fraction of sp³-hybridized carbons (Fsp3) is 0.231. The molecule has 8 heteroatoms. The number of nitrogens with zero attached hydrogens (tertiary/aromatic N) is 7. The highest BCUT2D eigenvalue weighted by Gasteiger charge is 2.31. The molecule has 1 aliphatic heterocycles. The van der Waals surface area contributed by atoms with Crippen LogP contribution in [0.1, 0.15) is 30.0 Å². The molecule has 1 aromatic carbocycles. The zero-order chi connectivity index (χ0) is 22.6. The Hall–Kier alpha value is -4.04. The number of pyridine rings is 2. The topological polar surface area (TPSA) is 90.7 Å². The second-order valence-electron chi connectivity index (χ2n) is 9.00. The van der Waals surface area contributed by atoms with Crippen molar-refractivity contribution < 1.29 is 0 Å². The van der Waals surface area contributed by atoms with Gasteiger partial charge in [0.1, 0.15) is 11.3 Å². The van der Waals surface area contributed by atoms with E-state index in [9.17, 15) is 0 Å². The average Bonchev–Trinajstić information content (AvgIpc) is 3.56. The van der Waals surface area contributed by atoms with E-state index >= 15 is 0 Å². The zero-order valence-electron chi connectivity index (χ0n) is 18.7. The Balaban J connectivity index is 1.43. The van der Waals surface area contributed by atoms with Crippen LogP contribution in [0.15, 0.2) is 67.1 Å². The lowest BCUT2D eigenvalue weighted by Crippen LogP contribution is -2.39. The number of nitrogen functional groups attached to an aromatic ring is 1. The number of rotatable bonds is 4. The molecule has 7 rings (SSSR count). The van der Waals surface area contributed by atoms with Crippen molar-refractivity contribution in [3.05, 3.63) is 78.2 Å². The van der Waals surface area contributed by atoms with Gasteiger partial charge in [0.2, 0.25) is 0 Å². The van der Waals surface area contributed by atoms with Gasteiger partial charge in [-0.2, -0.15) is 5.10 Å². The van der Waals surface area contributed by atoms with Crippen LogP contribution in [0.4, 0.5) is 5.82 Å². The van der Waals surface area contributed by atoms with E-state index in [2.05, 4.69) is 37.7 Å². The van der Waals surface area contributed by atoms with Crippen molar-refractivity contribution in [2.24, 2.45) is 0 Å². The van der Waals surface area contributed by atoms with Gasteiger partial charge in [0.05, 0.1) is 5.56 Å². The fourth-order valence-corrected chi connectivity index (χ4v) is 5.26. The van der Waals surface area contributed by atoms with Crippen molar-refractivity contribution in [3.63, 3.8) is 0 Å². The standard InChI is InChI=1S/C26H24N8/c27-24-20(4-1-11-28-24)25-30-21-8-10-23(33-15-2-12-29-33)31-26(21)34(25)18-6-7-19-17(16-18)5-9-22(19)32-13-3-14-32/h1-2,4,6-8,10-12,15-16,22H,3,5,9,13-14H2,(H2,27,28)/t22-/m0/s1. The molecule has 1 fully saturated rings. The molecule has 0 radical (unpaired) electrons. The summed E-state index contributed by atoms with van der Waals surface area (Å²) in [5, 5.41) is 4.35. The molecule has 1 aliphatic carbocycles. The third-order valence-electron chi connectivity index (χ3n) is 7.07. The van der Waals surface area contributed by atoms with E-state index in [1.807, 2.05) is 36.5 Å². The van der Waals surface area contributed by atoms with E-state index < -0.39 is 0 Å².